The first-order valence-electron chi connectivity index (χ1n) is 6.30. The molecule has 1 N–H and O–H groups in total. The van der Waals surface area contributed by atoms with Gasteiger partial charge < -0.3 is 5.32 Å². The second-order valence-electron chi connectivity index (χ2n) is 4.64. The molecule has 0 fully saturated rings. The summed E-state index contributed by atoms with van der Waals surface area (Å²) in [4.78, 5) is 0. The Hall–Kier alpha value is -0.880. The summed E-state index contributed by atoms with van der Waals surface area (Å²) in [6.07, 6.45) is 1.97. The van der Waals surface area contributed by atoms with Gasteiger partial charge in [-0.1, -0.05) is 6.92 Å². The third kappa shape index (κ3) is 4.78. The fraction of sp³-hybridized carbons (Fsp3) is 0.750. The van der Waals surface area contributed by atoms with Crippen molar-refractivity contribution in [2.24, 2.45) is 0 Å². The van der Waals surface area contributed by atoms with Crippen LogP contribution in [0.4, 0.5) is 0 Å². The molecule has 1 aromatic rings. The molecule has 1 aromatic heterocycles. The van der Waals surface area contributed by atoms with E-state index in [-0.39, 0.29) is 11.8 Å². The Bertz CT molecular complexity index is 480. The number of nitrogens with one attached hydrogen (secondary N) is 1. The summed E-state index contributed by atoms with van der Waals surface area (Å²) in [5.41, 5.74) is 2.06. The zero-order chi connectivity index (χ0) is 13.8. The third-order valence-electron chi connectivity index (χ3n) is 2.74. The van der Waals surface area contributed by atoms with Crippen LogP contribution >= 0.6 is 0 Å². The summed E-state index contributed by atoms with van der Waals surface area (Å²) < 4.78 is 24.7. The molecule has 0 bridgehead atoms. The molecule has 0 spiro atoms. The second kappa shape index (κ2) is 6.33. The van der Waals surface area contributed by atoms with Crippen LogP contribution in [0.1, 0.15) is 25.2 Å². The first-order chi connectivity index (χ1) is 8.35. The molecule has 0 aliphatic heterocycles. The van der Waals surface area contributed by atoms with Crippen molar-refractivity contribution in [3.8, 4) is 0 Å². The van der Waals surface area contributed by atoms with Gasteiger partial charge in [-0.15, -0.1) is 0 Å². The fourth-order valence-corrected chi connectivity index (χ4v) is 3.10. The maximum Gasteiger partial charge on any atom is 0.148 e. The molecule has 1 heterocycles. The molecule has 104 valence electrons. The van der Waals surface area contributed by atoms with Gasteiger partial charge >= 0.3 is 0 Å². The van der Waals surface area contributed by atoms with Crippen molar-refractivity contribution in [2.75, 3.05) is 18.6 Å². The lowest BCUT2D eigenvalue weighted by atomic mass is 10.1. The van der Waals surface area contributed by atoms with Crippen LogP contribution in [0.5, 0.6) is 0 Å². The van der Waals surface area contributed by atoms with E-state index in [4.69, 9.17) is 0 Å². The standard InChI is InChI=1S/C12H23N3O2S/c1-5-13-11(9-18(4,16)17)8-12-7-10(3)14-15(12)6-2/h7,11,13H,5-6,8-9H2,1-4H3. The molecule has 0 saturated carbocycles. The number of hydrogen-bond acceptors (Lipinski definition) is 4. The van der Waals surface area contributed by atoms with Crippen molar-refractivity contribution in [1.82, 2.24) is 15.1 Å². The van der Waals surface area contributed by atoms with Crippen LogP contribution < -0.4 is 5.32 Å². The molecule has 0 radical (unpaired) electrons. The average Bonchev–Trinajstić information content (AvgIpc) is 2.56. The number of hydrogen-bond donors (Lipinski definition) is 1. The van der Waals surface area contributed by atoms with E-state index in [1.165, 1.54) is 6.26 Å². The highest BCUT2D eigenvalue weighted by Crippen LogP contribution is 2.08. The van der Waals surface area contributed by atoms with Crippen LogP contribution in [0.15, 0.2) is 6.07 Å². The van der Waals surface area contributed by atoms with E-state index >= 15 is 0 Å². The van der Waals surface area contributed by atoms with Gasteiger partial charge in [0.1, 0.15) is 9.84 Å². The first kappa shape index (κ1) is 15.2. The Labute approximate surface area is 109 Å². The predicted octanol–water partition coefficient (Wildman–Crippen LogP) is 0.777. The van der Waals surface area contributed by atoms with Crippen LogP contribution in [-0.2, 0) is 22.8 Å². The topological polar surface area (TPSA) is 64.0 Å². The Morgan fingerprint density at radius 2 is 2.11 bits per heavy atom. The van der Waals surface area contributed by atoms with E-state index in [0.717, 1.165) is 24.5 Å². The predicted molar refractivity (Wildman–Crippen MR) is 73.5 cm³/mol. The molecule has 1 unspecified atom stereocenters. The summed E-state index contributed by atoms with van der Waals surface area (Å²) in [6.45, 7) is 7.54. The Balaban J connectivity index is 2.82. The van der Waals surface area contributed by atoms with E-state index in [1.54, 1.807) is 0 Å². The van der Waals surface area contributed by atoms with Gasteiger partial charge in [-0.25, -0.2) is 8.42 Å². The van der Waals surface area contributed by atoms with Gasteiger partial charge in [0, 0.05) is 31.0 Å². The number of aryl methyl sites for hydroxylation is 2. The van der Waals surface area contributed by atoms with Crippen molar-refractivity contribution < 1.29 is 8.42 Å². The highest BCUT2D eigenvalue weighted by atomic mass is 32.2. The third-order valence-corrected chi connectivity index (χ3v) is 3.75. The first-order valence-corrected chi connectivity index (χ1v) is 8.36. The van der Waals surface area contributed by atoms with Crippen molar-refractivity contribution in [3.63, 3.8) is 0 Å². The summed E-state index contributed by atoms with van der Waals surface area (Å²) >= 11 is 0. The molecule has 1 rings (SSSR count). The smallest absolute Gasteiger partial charge is 0.148 e. The molecule has 5 nitrogen and oxygen atoms in total. The summed E-state index contributed by atoms with van der Waals surface area (Å²) in [6, 6.07) is 1.97. The van der Waals surface area contributed by atoms with E-state index in [1.807, 2.05) is 31.5 Å². The summed E-state index contributed by atoms with van der Waals surface area (Å²) in [5, 5.41) is 7.61. The number of aromatic nitrogens is 2. The van der Waals surface area contributed by atoms with Crippen molar-refractivity contribution in [1.29, 1.82) is 0 Å². The lowest BCUT2D eigenvalue weighted by Crippen LogP contribution is -2.37. The number of rotatable bonds is 7. The van der Waals surface area contributed by atoms with Crippen LogP contribution in [0.3, 0.4) is 0 Å². The molecule has 6 heteroatoms. The second-order valence-corrected chi connectivity index (χ2v) is 6.83. The molecule has 0 aromatic carbocycles. The minimum atomic E-state index is -2.97. The fourth-order valence-electron chi connectivity index (χ4n) is 2.13. The lowest BCUT2D eigenvalue weighted by molar-refractivity contribution is 0.519. The highest BCUT2D eigenvalue weighted by molar-refractivity contribution is 7.90. The molecular weight excluding hydrogens is 250 g/mol. The van der Waals surface area contributed by atoms with Crippen molar-refractivity contribution >= 4 is 9.84 Å². The van der Waals surface area contributed by atoms with Crippen molar-refractivity contribution in [2.45, 2.75) is 39.8 Å². The zero-order valence-electron chi connectivity index (χ0n) is 11.6. The average molecular weight is 273 g/mol. The Morgan fingerprint density at radius 3 is 2.61 bits per heavy atom. The number of sulfone groups is 1. The van der Waals surface area contributed by atoms with Crippen LogP contribution in [0.2, 0.25) is 0 Å². The van der Waals surface area contributed by atoms with E-state index < -0.39 is 9.84 Å². The monoisotopic (exact) mass is 273 g/mol. The Morgan fingerprint density at radius 1 is 1.44 bits per heavy atom. The van der Waals surface area contributed by atoms with Gasteiger partial charge in [-0.3, -0.25) is 4.68 Å². The maximum absolute atomic E-state index is 11.4. The van der Waals surface area contributed by atoms with Gasteiger partial charge in [0.2, 0.25) is 0 Å². The van der Waals surface area contributed by atoms with Crippen LogP contribution in [-0.4, -0.2) is 42.8 Å². The van der Waals surface area contributed by atoms with Gasteiger partial charge in [0.05, 0.1) is 11.4 Å². The highest BCUT2D eigenvalue weighted by Gasteiger charge is 2.17. The minimum Gasteiger partial charge on any atom is -0.313 e. The largest absolute Gasteiger partial charge is 0.313 e. The summed E-state index contributed by atoms with van der Waals surface area (Å²) in [5.74, 6) is 0.161. The molecule has 0 aliphatic carbocycles. The van der Waals surface area contributed by atoms with Crippen LogP contribution in [0.25, 0.3) is 0 Å². The van der Waals surface area contributed by atoms with E-state index in [0.29, 0.717) is 6.42 Å². The zero-order valence-corrected chi connectivity index (χ0v) is 12.4. The number of nitrogens with zero attached hydrogens (tertiary/aromatic N) is 2. The summed E-state index contributed by atoms with van der Waals surface area (Å²) in [7, 11) is -2.97. The van der Waals surface area contributed by atoms with Crippen molar-refractivity contribution in [3.05, 3.63) is 17.5 Å². The lowest BCUT2D eigenvalue weighted by Gasteiger charge is -2.17. The SMILES string of the molecule is CCNC(Cc1cc(C)nn1CC)CS(C)(=O)=O. The Kier molecular flexibility index (Phi) is 5.34. The van der Waals surface area contributed by atoms with Gasteiger partial charge in [0.25, 0.3) is 0 Å². The quantitative estimate of drug-likeness (QED) is 0.797. The molecule has 0 amide bonds. The molecule has 0 aliphatic rings. The molecule has 18 heavy (non-hydrogen) atoms. The van der Waals surface area contributed by atoms with Gasteiger partial charge in [-0.05, 0) is 26.5 Å². The molecular formula is C12H23N3O2S. The van der Waals surface area contributed by atoms with E-state index in [9.17, 15) is 8.42 Å². The number of likely N-dealkylation sites (N-methyl/N-ethyl adjacent to an activating group) is 1. The molecule has 0 saturated heterocycles. The van der Waals surface area contributed by atoms with Gasteiger partial charge in [0.15, 0.2) is 0 Å². The van der Waals surface area contributed by atoms with Gasteiger partial charge in [-0.2, -0.15) is 5.10 Å². The minimum absolute atomic E-state index is 0.0496. The maximum atomic E-state index is 11.4. The van der Waals surface area contributed by atoms with Crippen LogP contribution in [0, 0.1) is 6.92 Å². The molecule has 1 atom stereocenters. The van der Waals surface area contributed by atoms with E-state index in [2.05, 4.69) is 10.4 Å². The normalized spacial score (nSPS) is 13.8.